The summed E-state index contributed by atoms with van der Waals surface area (Å²) in [4.78, 5) is 22.7. The minimum atomic E-state index is -1.01. The zero-order chi connectivity index (χ0) is 16.1. The Kier molecular flexibility index (Phi) is 4.77. The number of ether oxygens (including phenoxy) is 1. The third-order valence-electron chi connectivity index (χ3n) is 3.13. The number of carbonyl (C=O) groups is 2. The summed E-state index contributed by atoms with van der Waals surface area (Å²) >= 11 is 0. The first-order valence-electron chi connectivity index (χ1n) is 6.69. The van der Waals surface area contributed by atoms with Gasteiger partial charge >= 0.3 is 5.97 Å². The second-order valence-electron chi connectivity index (χ2n) is 4.76. The number of carboxylic acid groups (broad SMARTS) is 1. The minimum Gasteiger partial charge on any atom is -0.497 e. The van der Waals surface area contributed by atoms with Crippen LogP contribution in [-0.4, -0.2) is 33.9 Å². The van der Waals surface area contributed by atoms with Crippen molar-refractivity contribution in [2.75, 3.05) is 7.11 Å². The van der Waals surface area contributed by atoms with Crippen LogP contribution >= 0.6 is 0 Å². The van der Waals surface area contributed by atoms with E-state index in [2.05, 4.69) is 10.4 Å². The standard InChI is InChI=1S/C15H17N3O4/c1-10(11-3-5-12(22-2)6-4-11)16-15(21)13-7-8-18(17-13)9-14(19)20/h3-8,10H,9H2,1-2H3,(H,16,21)(H,19,20). The molecule has 0 aliphatic carbocycles. The molecule has 7 heteroatoms. The largest absolute Gasteiger partial charge is 0.497 e. The molecule has 0 bridgehead atoms. The summed E-state index contributed by atoms with van der Waals surface area (Å²) in [7, 11) is 1.59. The van der Waals surface area contributed by atoms with Gasteiger partial charge in [-0.2, -0.15) is 5.10 Å². The summed E-state index contributed by atoms with van der Waals surface area (Å²) in [6.45, 7) is 1.58. The molecule has 1 atom stereocenters. The maximum Gasteiger partial charge on any atom is 0.325 e. The summed E-state index contributed by atoms with van der Waals surface area (Å²) < 4.78 is 6.29. The van der Waals surface area contributed by atoms with E-state index in [0.717, 1.165) is 11.3 Å². The number of nitrogens with one attached hydrogen (secondary N) is 1. The second kappa shape index (κ2) is 6.75. The zero-order valence-corrected chi connectivity index (χ0v) is 12.3. The van der Waals surface area contributed by atoms with Crippen LogP contribution < -0.4 is 10.1 Å². The maximum absolute atomic E-state index is 12.1. The van der Waals surface area contributed by atoms with Crippen LogP contribution in [0.4, 0.5) is 0 Å². The molecule has 0 aliphatic rings. The van der Waals surface area contributed by atoms with E-state index < -0.39 is 5.97 Å². The Bertz CT molecular complexity index is 664. The van der Waals surface area contributed by atoms with Gasteiger partial charge in [-0.25, -0.2) is 0 Å². The van der Waals surface area contributed by atoms with E-state index in [1.165, 1.54) is 16.9 Å². The number of nitrogens with zero attached hydrogens (tertiary/aromatic N) is 2. The van der Waals surface area contributed by atoms with Crippen molar-refractivity contribution < 1.29 is 19.4 Å². The molecule has 2 N–H and O–H groups in total. The Hall–Kier alpha value is -2.83. The number of hydrogen-bond acceptors (Lipinski definition) is 4. The normalized spacial score (nSPS) is 11.7. The van der Waals surface area contributed by atoms with Crippen molar-refractivity contribution in [3.8, 4) is 5.75 Å². The molecule has 1 amide bonds. The van der Waals surface area contributed by atoms with Gasteiger partial charge in [-0.3, -0.25) is 14.3 Å². The molecule has 1 heterocycles. The molecule has 2 rings (SSSR count). The van der Waals surface area contributed by atoms with Gasteiger partial charge in [-0.15, -0.1) is 0 Å². The molecule has 1 aromatic carbocycles. The number of benzene rings is 1. The van der Waals surface area contributed by atoms with Crippen LogP contribution in [-0.2, 0) is 11.3 Å². The van der Waals surface area contributed by atoms with Crippen molar-refractivity contribution in [1.29, 1.82) is 0 Å². The number of hydrogen-bond donors (Lipinski definition) is 2. The highest BCUT2D eigenvalue weighted by Gasteiger charge is 2.14. The van der Waals surface area contributed by atoms with E-state index in [4.69, 9.17) is 9.84 Å². The van der Waals surface area contributed by atoms with Gasteiger partial charge in [0.2, 0.25) is 0 Å². The summed E-state index contributed by atoms with van der Waals surface area (Å²) in [5, 5.41) is 15.4. The monoisotopic (exact) mass is 303 g/mol. The lowest BCUT2D eigenvalue weighted by atomic mass is 10.1. The number of rotatable bonds is 6. The quantitative estimate of drug-likeness (QED) is 0.843. The fourth-order valence-corrected chi connectivity index (χ4v) is 1.96. The van der Waals surface area contributed by atoms with Gasteiger partial charge in [-0.05, 0) is 30.7 Å². The average molecular weight is 303 g/mol. The molecule has 0 radical (unpaired) electrons. The van der Waals surface area contributed by atoms with E-state index in [-0.39, 0.29) is 24.2 Å². The molecule has 1 aromatic heterocycles. The van der Waals surface area contributed by atoms with Crippen molar-refractivity contribution in [3.63, 3.8) is 0 Å². The Balaban J connectivity index is 2.00. The first kappa shape index (κ1) is 15.6. The van der Waals surface area contributed by atoms with Gasteiger partial charge in [0.15, 0.2) is 0 Å². The predicted octanol–water partition coefficient (Wildman–Crippen LogP) is 1.47. The number of aliphatic carboxylic acids is 1. The molecule has 2 aromatic rings. The minimum absolute atomic E-state index is 0.182. The van der Waals surface area contributed by atoms with E-state index >= 15 is 0 Å². The molecule has 22 heavy (non-hydrogen) atoms. The van der Waals surface area contributed by atoms with Crippen LogP contribution in [0, 0.1) is 0 Å². The highest BCUT2D eigenvalue weighted by atomic mass is 16.5. The third-order valence-corrected chi connectivity index (χ3v) is 3.13. The van der Waals surface area contributed by atoms with Crippen molar-refractivity contribution in [2.45, 2.75) is 19.5 Å². The van der Waals surface area contributed by atoms with Crippen molar-refractivity contribution >= 4 is 11.9 Å². The van der Waals surface area contributed by atoms with Crippen LogP contribution in [0.3, 0.4) is 0 Å². The van der Waals surface area contributed by atoms with Crippen LogP contribution in [0.15, 0.2) is 36.5 Å². The lowest BCUT2D eigenvalue weighted by molar-refractivity contribution is -0.137. The number of amides is 1. The van der Waals surface area contributed by atoms with E-state index in [1.54, 1.807) is 7.11 Å². The summed E-state index contributed by atoms with van der Waals surface area (Å²) in [6, 6.07) is 8.65. The van der Waals surface area contributed by atoms with Gasteiger partial charge in [0.25, 0.3) is 5.91 Å². The van der Waals surface area contributed by atoms with Gasteiger partial charge in [0.05, 0.1) is 13.2 Å². The Morgan fingerprint density at radius 1 is 1.32 bits per heavy atom. The Morgan fingerprint density at radius 3 is 2.59 bits per heavy atom. The van der Waals surface area contributed by atoms with Crippen molar-refractivity contribution in [2.24, 2.45) is 0 Å². The molecule has 0 spiro atoms. The lowest BCUT2D eigenvalue weighted by Crippen LogP contribution is -2.27. The third kappa shape index (κ3) is 3.85. The van der Waals surface area contributed by atoms with Gasteiger partial charge in [0.1, 0.15) is 18.0 Å². The van der Waals surface area contributed by atoms with Crippen LogP contribution in [0.25, 0.3) is 0 Å². The van der Waals surface area contributed by atoms with Crippen molar-refractivity contribution in [3.05, 3.63) is 47.8 Å². The van der Waals surface area contributed by atoms with Gasteiger partial charge in [0, 0.05) is 6.20 Å². The predicted molar refractivity (Wildman–Crippen MR) is 78.7 cm³/mol. The zero-order valence-electron chi connectivity index (χ0n) is 12.3. The fourth-order valence-electron chi connectivity index (χ4n) is 1.96. The molecule has 0 aliphatic heterocycles. The molecule has 1 unspecified atom stereocenters. The highest BCUT2D eigenvalue weighted by Crippen LogP contribution is 2.17. The SMILES string of the molecule is COc1ccc(C(C)NC(=O)c2ccn(CC(=O)O)n2)cc1. The molecule has 0 saturated carbocycles. The van der Waals surface area contributed by atoms with E-state index in [9.17, 15) is 9.59 Å². The van der Waals surface area contributed by atoms with Gasteiger partial charge < -0.3 is 15.2 Å². The highest BCUT2D eigenvalue weighted by molar-refractivity contribution is 5.92. The topological polar surface area (TPSA) is 93.5 Å². The number of methoxy groups -OCH3 is 1. The van der Waals surface area contributed by atoms with E-state index in [0.29, 0.717) is 0 Å². The second-order valence-corrected chi connectivity index (χ2v) is 4.76. The molecular formula is C15H17N3O4. The number of carbonyl (C=O) groups excluding carboxylic acids is 1. The first-order valence-corrected chi connectivity index (χ1v) is 6.69. The Morgan fingerprint density at radius 2 is 2.00 bits per heavy atom. The molecule has 116 valence electrons. The summed E-state index contributed by atoms with van der Waals surface area (Å²) in [5.41, 5.74) is 1.11. The average Bonchev–Trinajstić information content (AvgIpc) is 2.95. The van der Waals surface area contributed by atoms with E-state index in [1.807, 2.05) is 31.2 Å². The van der Waals surface area contributed by atoms with Crippen LogP contribution in [0.5, 0.6) is 5.75 Å². The maximum atomic E-state index is 12.1. The summed E-state index contributed by atoms with van der Waals surface area (Å²) in [6.07, 6.45) is 1.46. The molecule has 0 fully saturated rings. The Labute approximate surface area is 127 Å². The van der Waals surface area contributed by atoms with Gasteiger partial charge in [-0.1, -0.05) is 12.1 Å². The fraction of sp³-hybridized carbons (Fsp3) is 0.267. The van der Waals surface area contributed by atoms with Crippen LogP contribution in [0.2, 0.25) is 0 Å². The number of carboxylic acids is 1. The smallest absolute Gasteiger partial charge is 0.325 e. The molecular weight excluding hydrogens is 286 g/mol. The lowest BCUT2D eigenvalue weighted by Gasteiger charge is -2.13. The first-order chi connectivity index (χ1) is 10.5. The van der Waals surface area contributed by atoms with Crippen LogP contribution in [0.1, 0.15) is 29.0 Å². The number of aromatic nitrogens is 2. The summed E-state index contributed by atoms with van der Waals surface area (Å²) in [5.74, 6) is -0.621. The molecule has 7 nitrogen and oxygen atoms in total. The van der Waals surface area contributed by atoms with Crippen molar-refractivity contribution in [1.82, 2.24) is 15.1 Å². The molecule has 0 saturated heterocycles.